The van der Waals surface area contributed by atoms with Crippen molar-refractivity contribution in [1.29, 1.82) is 0 Å². The lowest BCUT2D eigenvalue weighted by Crippen LogP contribution is -1.97. The quantitative estimate of drug-likeness (QED) is 0.813. The summed E-state index contributed by atoms with van der Waals surface area (Å²) < 4.78 is 5.25. The summed E-state index contributed by atoms with van der Waals surface area (Å²) in [5, 5.41) is 17.0. The minimum atomic E-state index is -0.889. The molecule has 0 saturated heterocycles. The molecule has 0 unspecified atom stereocenters. The molecule has 7 heteroatoms. The van der Waals surface area contributed by atoms with Gasteiger partial charge in [-0.25, -0.2) is 0 Å². The molecule has 0 aliphatic carbocycles. The molecule has 0 saturated carbocycles. The Morgan fingerprint density at radius 2 is 2.26 bits per heavy atom. The van der Waals surface area contributed by atoms with Gasteiger partial charge < -0.3 is 14.8 Å². The molecule has 0 spiro atoms. The molecule has 0 atom stereocenters. The van der Waals surface area contributed by atoms with Crippen LogP contribution in [-0.2, 0) is 4.79 Å². The van der Waals surface area contributed by atoms with Crippen LogP contribution in [0.4, 0.5) is 0 Å². The predicted molar refractivity (Wildman–Crippen MR) is 71.5 cm³/mol. The highest BCUT2D eigenvalue weighted by Crippen LogP contribution is 2.25. The van der Waals surface area contributed by atoms with Crippen LogP contribution in [0.15, 0.2) is 23.4 Å². The van der Waals surface area contributed by atoms with Crippen molar-refractivity contribution in [3.8, 4) is 17.1 Å². The van der Waals surface area contributed by atoms with Crippen LogP contribution in [0, 0.1) is 6.92 Å². The fourth-order valence-corrected chi connectivity index (χ4v) is 2.07. The maximum Gasteiger partial charge on any atom is 0.313 e. The molecule has 2 N–H and O–H groups in total. The number of aliphatic carboxylic acids is 1. The summed E-state index contributed by atoms with van der Waals surface area (Å²) in [4.78, 5) is 13.4. The molecular formula is C12H13N3O3S. The lowest BCUT2D eigenvalue weighted by atomic mass is 10.1. The number of aromatic amines is 1. The summed E-state index contributed by atoms with van der Waals surface area (Å²) in [6, 6.07) is 5.70. The van der Waals surface area contributed by atoms with Gasteiger partial charge in [0.05, 0.1) is 12.9 Å². The highest BCUT2D eigenvalue weighted by Gasteiger charge is 2.09. The second-order valence-electron chi connectivity index (χ2n) is 3.85. The van der Waals surface area contributed by atoms with E-state index in [-0.39, 0.29) is 5.75 Å². The third kappa shape index (κ3) is 3.25. The number of nitrogens with one attached hydrogen (secondary N) is 1. The summed E-state index contributed by atoms with van der Waals surface area (Å²) in [5.41, 5.74) is 1.88. The number of nitrogens with zero attached hydrogens (tertiary/aromatic N) is 2. The van der Waals surface area contributed by atoms with E-state index in [9.17, 15) is 4.79 Å². The molecule has 19 heavy (non-hydrogen) atoms. The third-order valence-electron chi connectivity index (χ3n) is 2.48. The van der Waals surface area contributed by atoms with Crippen molar-refractivity contribution in [2.24, 2.45) is 0 Å². The number of carbonyl (C=O) groups is 1. The molecule has 6 nitrogen and oxygen atoms in total. The Hall–Kier alpha value is -2.02. The van der Waals surface area contributed by atoms with Crippen molar-refractivity contribution >= 4 is 17.7 Å². The largest absolute Gasteiger partial charge is 0.496 e. The summed E-state index contributed by atoms with van der Waals surface area (Å²) in [5.74, 6) is 0.422. The number of rotatable bonds is 5. The first-order valence-electron chi connectivity index (χ1n) is 5.52. The normalized spacial score (nSPS) is 10.4. The zero-order valence-electron chi connectivity index (χ0n) is 10.5. The number of aromatic nitrogens is 3. The van der Waals surface area contributed by atoms with Gasteiger partial charge >= 0.3 is 5.97 Å². The SMILES string of the molecule is COc1cc(-c2nnc(SCC(=O)O)[nH]2)ccc1C. The van der Waals surface area contributed by atoms with E-state index in [1.54, 1.807) is 7.11 Å². The van der Waals surface area contributed by atoms with Gasteiger partial charge in [-0.2, -0.15) is 0 Å². The van der Waals surface area contributed by atoms with Crippen molar-refractivity contribution < 1.29 is 14.6 Å². The highest BCUT2D eigenvalue weighted by molar-refractivity contribution is 7.99. The van der Waals surface area contributed by atoms with Crippen LogP contribution >= 0.6 is 11.8 Å². The van der Waals surface area contributed by atoms with Crippen LogP contribution in [0.25, 0.3) is 11.4 Å². The fourth-order valence-electron chi connectivity index (χ4n) is 1.54. The van der Waals surface area contributed by atoms with Crippen LogP contribution in [0.5, 0.6) is 5.75 Å². The minimum absolute atomic E-state index is 0.0497. The first-order valence-corrected chi connectivity index (χ1v) is 6.51. The number of thioether (sulfide) groups is 1. The fraction of sp³-hybridized carbons (Fsp3) is 0.250. The van der Waals surface area contributed by atoms with E-state index >= 15 is 0 Å². The summed E-state index contributed by atoms with van der Waals surface area (Å²) in [6.45, 7) is 1.96. The highest BCUT2D eigenvalue weighted by atomic mass is 32.2. The topological polar surface area (TPSA) is 88.1 Å². The summed E-state index contributed by atoms with van der Waals surface area (Å²) >= 11 is 1.10. The molecule has 0 bridgehead atoms. The second-order valence-corrected chi connectivity index (χ2v) is 4.81. The molecule has 0 amide bonds. The molecule has 0 fully saturated rings. The molecule has 1 aromatic carbocycles. The number of ether oxygens (including phenoxy) is 1. The average molecular weight is 279 g/mol. The second kappa shape index (κ2) is 5.75. The molecular weight excluding hydrogens is 266 g/mol. The molecule has 2 rings (SSSR count). The zero-order chi connectivity index (χ0) is 13.8. The number of carboxylic acid groups (broad SMARTS) is 1. The Morgan fingerprint density at radius 3 is 2.95 bits per heavy atom. The number of hydrogen-bond donors (Lipinski definition) is 2. The van der Waals surface area contributed by atoms with Crippen molar-refractivity contribution in [3.63, 3.8) is 0 Å². The van der Waals surface area contributed by atoms with Gasteiger partial charge in [-0.1, -0.05) is 23.9 Å². The van der Waals surface area contributed by atoms with Gasteiger partial charge in [0.1, 0.15) is 5.75 Å². The van der Waals surface area contributed by atoms with Crippen LogP contribution in [-0.4, -0.2) is 39.1 Å². The lowest BCUT2D eigenvalue weighted by molar-refractivity contribution is -0.133. The Balaban J connectivity index is 2.20. The van der Waals surface area contributed by atoms with Crippen LogP contribution in [0.1, 0.15) is 5.56 Å². The van der Waals surface area contributed by atoms with Gasteiger partial charge in [-0.15, -0.1) is 10.2 Å². The molecule has 0 aliphatic rings. The zero-order valence-corrected chi connectivity index (χ0v) is 11.3. The van der Waals surface area contributed by atoms with E-state index < -0.39 is 5.97 Å². The van der Waals surface area contributed by atoms with E-state index in [1.807, 2.05) is 25.1 Å². The van der Waals surface area contributed by atoms with E-state index in [0.717, 1.165) is 28.6 Å². The van der Waals surface area contributed by atoms with Gasteiger partial charge in [0, 0.05) is 5.56 Å². The van der Waals surface area contributed by atoms with Crippen LogP contribution < -0.4 is 4.74 Å². The van der Waals surface area contributed by atoms with E-state index in [4.69, 9.17) is 9.84 Å². The molecule has 2 aromatic rings. The Labute approximate surface area is 114 Å². The predicted octanol–water partition coefficient (Wildman–Crippen LogP) is 1.97. The van der Waals surface area contributed by atoms with Gasteiger partial charge in [0.25, 0.3) is 0 Å². The van der Waals surface area contributed by atoms with E-state index in [1.165, 1.54) is 0 Å². The van der Waals surface area contributed by atoms with Crippen molar-refractivity contribution in [3.05, 3.63) is 23.8 Å². The molecule has 100 valence electrons. The lowest BCUT2D eigenvalue weighted by Gasteiger charge is -2.05. The Bertz CT molecular complexity index is 598. The van der Waals surface area contributed by atoms with Gasteiger partial charge in [-0.05, 0) is 18.6 Å². The summed E-state index contributed by atoms with van der Waals surface area (Å²) in [6.07, 6.45) is 0. The van der Waals surface area contributed by atoms with Crippen molar-refractivity contribution in [1.82, 2.24) is 15.2 Å². The monoisotopic (exact) mass is 279 g/mol. The van der Waals surface area contributed by atoms with Crippen LogP contribution in [0.3, 0.4) is 0 Å². The molecule has 1 aromatic heterocycles. The van der Waals surface area contributed by atoms with Crippen molar-refractivity contribution in [2.45, 2.75) is 12.1 Å². The average Bonchev–Trinajstić information content (AvgIpc) is 2.86. The minimum Gasteiger partial charge on any atom is -0.496 e. The van der Waals surface area contributed by atoms with Crippen molar-refractivity contribution in [2.75, 3.05) is 12.9 Å². The standard InChI is InChI=1S/C12H13N3O3S/c1-7-3-4-8(5-9(7)18-2)11-13-12(15-14-11)19-6-10(16)17/h3-5H,6H2,1-2H3,(H,16,17)(H,13,14,15). The number of hydrogen-bond acceptors (Lipinski definition) is 5. The van der Waals surface area contributed by atoms with Gasteiger partial charge in [0.15, 0.2) is 11.0 Å². The molecule has 1 heterocycles. The Kier molecular flexibility index (Phi) is 4.06. The molecule has 0 aliphatic heterocycles. The molecule has 0 radical (unpaired) electrons. The van der Waals surface area contributed by atoms with Gasteiger partial charge in [0.2, 0.25) is 0 Å². The number of methoxy groups -OCH3 is 1. The van der Waals surface area contributed by atoms with Crippen LogP contribution in [0.2, 0.25) is 0 Å². The van der Waals surface area contributed by atoms with E-state index in [2.05, 4.69) is 15.2 Å². The maximum absolute atomic E-state index is 10.5. The number of aryl methyl sites for hydroxylation is 1. The van der Waals surface area contributed by atoms with Gasteiger partial charge in [-0.3, -0.25) is 4.79 Å². The smallest absolute Gasteiger partial charge is 0.313 e. The number of H-pyrrole nitrogens is 1. The van der Waals surface area contributed by atoms with E-state index in [0.29, 0.717) is 11.0 Å². The summed E-state index contributed by atoms with van der Waals surface area (Å²) in [7, 11) is 1.61. The number of carboxylic acids is 1. The maximum atomic E-state index is 10.5. The third-order valence-corrected chi connectivity index (χ3v) is 3.33. The first kappa shape index (κ1) is 13.4. The number of benzene rings is 1. The Morgan fingerprint density at radius 1 is 1.47 bits per heavy atom. The first-order chi connectivity index (χ1) is 9.10.